The monoisotopic (exact) mass is 336 g/mol. The maximum Gasteiger partial charge on any atom is 0.226 e. The van der Waals surface area contributed by atoms with Crippen LogP contribution in [0.2, 0.25) is 0 Å². The summed E-state index contributed by atoms with van der Waals surface area (Å²) in [7, 11) is 1.89. The Morgan fingerprint density at radius 1 is 1.20 bits per heavy atom. The molecule has 0 bridgehead atoms. The van der Waals surface area contributed by atoms with Gasteiger partial charge in [0.2, 0.25) is 5.91 Å². The van der Waals surface area contributed by atoms with Gasteiger partial charge in [-0.05, 0) is 48.6 Å². The Kier molecular flexibility index (Phi) is 4.04. The zero-order chi connectivity index (χ0) is 17.4. The minimum atomic E-state index is -0.274. The van der Waals surface area contributed by atoms with Crippen LogP contribution in [-0.2, 0) is 24.1 Å². The third-order valence-corrected chi connectivity index (χ3v) is 5.28. The summed E-state index contributed by atoms with van der Waals surface area (Å²) >= 11 is 0. The Bertz CT molecular complexity index is 913. The molecule has 0 radical (unpaired) electrons. The van der Waals surface area contributed by atoms with Crippen molar-refractivity contribution in [3.63, 3.8) is 0 Å². The molecule has 1 N–H and O–H groups in total. The quantitative estimate of drug-likeness (QED) is 0.774. The predicted octanol–water partition coefficient (Wildman–Crippen LogP) is 3.87. The molecule has 4 rings (SSSR count). The van der Waals surface area contributed by atoms with Crippen LogP contribution in [0, 0.1) is 5.82 Å². The SMILES string of the molecule is CN(C(=O)Cc1ccc(F)cc1)C1CCc2[nH]c3ccccc3c2C1. The van der Waals surface area contributed by atoms with Crippen molar-refractivity contribution in [1.29, 1.82) is 0 Å². The van der Waals surface area contributed by atoms with Gasteiger partial charge in [0, 0.05) is 29.7 Å². The molecule has 1 aromatic heterocycles. The number of benzene rings is 2. The van der Waals surface area contributed by atoms with Gasteiger partial charge in [-0.3, -0.25) is 4.79 Å². The third-order valence-electron chi connectivity index (χ3n) is 5.28. The summed E-state index contributed by atoms with van der Waals surface area (Å²) in [4.78, 5) is 18.0. The molecule has 3 aromatic rings. The van der Waals surface area contributed by atoms with Crippen LogP contribution in [0.15, 0.2) is 48.5 Å². The fraction of sp³-hybridized carbons (Fsp3) is 0.286. The van der Waals surface area contributed by atoms with Gasteiger partial charge < -0.3 is 9.88 Å². The number of halogens is 1. The van der Waals surface area contributed by atoms with E-state index in [1.807, 2.05) is 18.0 Å². The first-order valence-corrected chi connectivity index (χ1v) is 8.70. The molecule has 3 nitrogen and oxygen atoms in total. The summed E-state index contributed by atoms with van der Waals surface area (Å²) in [5.41, 5.74) is 4.67. The van der Waals surface area contributed by atoms with Gasteiger partial charge in [0.1, 0.15) is 5.82 Å². The van der Waals surface area contributed by atoms with Crippen molar-refractivity contribution in [2.24, 2.45) is 0 Å². The number of carbonyl (C=O) groups excluding carboxylic acids is 1. The molecule has 1 unspecified atom stereocenters. The van der Waals surface area contributed by atoms with Gasteiger partial charge in [-0.15, -0.1) is 0 Å². The number of nitrogens with one attached hydrogen (secondary N) is 1. The molecule has 0 aliphatic heterocycles. The topological polar surface area (TPSA) is 36.1 Å². The predicted molar refractivity (Wildman–Crippen MR) is 97.0 cm³/mol. The van der Waals surface area contributed by atoms with Crippen LogP contribution in [0.4, 0.5) is 4.39 Å². The lowest BCUT2D eigenvalue weighted by Crippen LogP contribution is -2.41. The van der Waals surface area contributed by atoms with E-state index in [1.165, 1.54) is 34.3 Å². The molecule has 4 heteroatoms. The van der Waals surface area contributed by atoms with Crippen molar-refractivity contribution >= 4 is 16.8 Å². The number of aromatic nitrogens is 1. The molecular weight excluding hydrogens is 315 g/mol. The number of aromatic amines is 1. The smallest absolute Gasteiger partial charge is 0.226 e. The van der Waals surface area contributed by atoms with Crippen LogP contribution >= 0.6 is 0 Å². The number of aryl methyl sites for hydroxylation is 1. The van der Waals surface area contributed by atoms with Crippen molar-refractivity contribution in [2.45, 2.75) is 31.7 Å². The van der Waals surface area contributed by atoms with E-state index in [9.17, 15) is 9.18 Å². The summed E-state index contributed by atoms with van der Waals surface area (Å²) in [6.45, 7) is 0. The molecule has 1 amide bonds. The van der Waals surface area contributed by atoms with Crippen molar-refractivity contribution in [3.8, 4) is 0 Å². The van der Waals surface area contributed by atoms with Gasteiger partial charge in [-0.25, -0.2) is 4.39 Å². The number of hydrogen-bond donors (Lipinski definition) is 1. The van der Waals surface area contributed by atoms with Crippen molar-refractivity contribution in [2.75, 3.05) is 7.05 Å². The number of H-pyrrole nitrogens is 1. The molecule has 0 fully saturated rings. The highest BCUT2D eigenvalue weighted by molar-refractivity contribution is 5.85. The Morgan fingerprint density at radius 3 is 2.76 bits per heavy atom. The van der Waals surface area contributed by atoms with Crippen molar-refractivity contribution in [3.05, 3.63) is 71.2 Å². The first kappa shape index (κ1) is 15.9. The summed E-state index contributed by atoms with van der Waals surface area (Å²) in [6.07, 6.45) is 3.12. The molecule has 0 saturated heterocycles. The molecule has 128 valence electrons. The number of para-hydroxylation sites is 1. The van der Waals surface area contributed by atoms with Gasteiger partial charge >= 0.3 is 0 Å². The maximum atomic E-state index is 13.0. The molecular formula is C21H21FN2O. The first-order chi connectivity index (χ1) is 12.1. The lowest BCUT2D eigenvalue weighted by atomic mass is 9.90. The van der Waals surface area contributed by atoms with E-state index in [0.29, 0.717) is 6.42 Å². The Balaban J connectivity index is 1.50. The number of carbonyl (C=O) groups is 1. The van der Waals surface area contributed by atoms with Gasteiger partial charge in [-0.1, -0.05) is 30.3 Å². The minimum Gasteiger partial charge on any atom is -0.358 e. The van der Waals surface area contributed by atoms with Crippen LogP contribution in [0.5, 0.6) is 0 Å². The Morgan fingerprint density at radius 2 is 1.96 bits per heavy atom. The van der Waals surface area contributed by atoms with E-state index in [0.717, 1.165) is 24.8 Å². The molecule has 0 saturated carbocycles. The molecule has 1 heterocycles. The van der Waals surface area contributed by atoms with Crippen molar-refractivity contribution < 1.29 is 9.18 Å². The largest absolute Gasteiger partial charge is 0.358 e. The average molecular weight is 336 g/mol. The van der Waals surface area contributed by atoms with E-state index >= 15 is 0 Å². The summed E-state index contributed by atoms with van der Waals surface area (Å²) in [6, 6.07) is 14.7. The molecule has 1 aliphatic rings. The lowest BCUT2D eigenvalue weighted by molar-refractivity contribution is -0.131. The fourth-order valence-electron chi connectivity index (χ4n) is 3.79. The summed E-state index contributed by atoms with van der Waals surface area (Å²) in [5, 5.41) is 1.27. The zero-order valence-corrected chi connectivity index (χ0v) is 14.3. The average Bonchev–Trinajstić information content (AvgIpc) is 3.01. The summed E-state index contributed by atoms with van der Waals surface area (Å²) in [5.74, 6) is -0.191. The molecule has 1 aliphatic carbocycles. The number of amides is 1. The number of fused-ring (bicyclic) bond motifs is 3. The van der Waals surface area contributed by atoms with Gasteiger partial charge in [0.15, 0.2) is 0 Å². The van der Waals surface area contributed by atoms with Gasteiger partial charge in [0.05, 0.1) is 6.42 Å². The zero-order valence-electron chi connectivity index (χ0n) is 14.3. The highest BCUT2D eigenvalue weighted by atomic mass is 19.1. The van der Waals surface area contributed by atoms with E-state index in [4.69, 9.17) is 0 Å². The lowest BCUT2D eigenvalue weighted by Gasteiger charge is -2.31. The van der Waals surface area contributed by atoms with Crippen molar-refractivity contribution in [1.82, 2.24) is 9.88 Å². The van der Waals surface area contributed by atoms with Crippen LogP contribution in [0.3, 0.4) is 0 Å². The first-order valence-electron chi connectivity index (χ1n) is 8.70. The third kappa shape index (κ3) is 3.04. The number of likely N-dealkylation sites (N-methyl/N-ethyl adjacent to an activating group) is 1. The molecule has 2 aromatic carbocycles. The fourth-order valence-corrected chi connectivity index (χ4v) is 3.79. The standard InChI is InChI=1S/C21H21FN2O/c1-24(21(25)12-14-6-8-15(22)9-7-14)16-10-11-20-18(13-16)17-4-2-3-5-19(17)23-20/h2-9,16,23H,10-13H2,1H3. The van der Waals surface area contributed by atoms with Crippen LogP contribution in [0.25, 0.3) is 10.9 Å². The number of rotatable bonds is 3. The maximum absolute atomic E-state index is 13.0. The molecule has 0 spiro atoms. The second kappa shape index (κ2) is 6.36. The Hall–Kier alpha value is -2.62. The van der Waals surface area contributed by atoms with Gasteiger partial charge in [-0.2, -0.15) is 0 Å². The normalized spacial score (nSPS) is 16.6. The minimum absolute atomic E-state index is 0.0832. The Labute approximate surface area is 146 Å². The number of nitrogens with zero attached hydrogens (tertiary/aromatic N) is 1. The van der Waals surface area contributed by atoms with E-state index in [2.05, 4.69) is 23.2 Å². The molecule has 1 atom stereocenters. The summed E-state index contributed by atoms with van der Waals surface area (Å²) < 4.78 is 13.0. The second-order valence-corrected chi connectivity index (χ2v) is 6.83. The highest BCUT2D eigenvalue weighted by Gasteiger charge is 2.27. The van der Waals surface area contributed by atoms with E-state index < -0.39 is 0 Å². The molecule has 25 heavy (non-hydrogen) atoms. The van der Waals surface area contributed by atoms with E-state index in [1.54, 1.807) is 12.1 Å². The highest BCUT2D eigenvalue weighted by Crippen LogP contribution is 2.30. The number of hydrogen-bond acceptors (Lipinski definition) is 1. The van der Waals surface area contributed by atoms with E-state index in [-0.39, 0.29) is 17.8 Å². The second-order valence-electron chi connectivity index (χ2n) is 6.83. The van der Waals surface area contributed by atoms with Gasteiger partial charge in [0.25, 0.3) is 0 Å². The van der Waals surface area contributed by atoms with Crippen LogP contribution < -0.4 is 0 Å². The van der Waals surface area contributed by atoms with Crippen LogP contribution in [0.1, 0.15) is 23.2 Å². The van der Waals surface area contributed by atoms with Crippen LogP contribution in [-0.4, -0.2) is 28.9 Å².